The second-order valence-corrected chi connectivity index (χ2v) is 12.2. The number of anilines is 1. The minimum atomic E-state index is -0.626. The van der Waals surface area contributed by atoms with E-state index in [1.165, 1.54) is 25.7 Å². The molecule has 6 heterocycles. The van der Waals surface area contributed by atoms with Crippen LogP contribution in [-0.4, -0.2) is 55.0 Å². The number of nitrogens with zero attached hydrogens (tertiary/aromatic N) is 6. The van der Waals surface area contributed by atoms with E-state index in [0.717, 1.165) is 86.1 Å². The zero-order chi connectivity index (χ0) is 27.3. The van der Waals surface area contributed by atoms with Gasteiger partial charge in [0.05, 0.1) is 21.7 Å². The van der Waals surface area contributed by atoms with E-state index >= 15 is 0 Å². The number of pyridine rings is 2. The molecule has 0 atom stereocenters. The van der Waals surface area contributed by atoms with Crippen molar-refractivity contribution in [3.05, 3.63) is 40.1 Å². The topological polar surface area (TPSA) is 115 Å². The Kier molecular flexibility index (Phi) is 6.62. The third-order valence-electron chi connectivity index (χ3n) is 9.20. The molecule has 3 aliphatic rings. The van der Waals surface area contributed by atoms with Crippen LogP contribution in [0.2, 0.25) is 5.02 Å². The number of ether oxygens (including phenoxy) is 1. The Hall–Kier alpha value is -3.24. The van der Waals surface area contributed by atoms with Crippen molar-refractivity contribution < 1.29 is 9.26 Å². The van der Waals surface area contributed by atoms with Crippen molar-refractivity contribution in [2.45, 2.75) is 70.4 Å². The van der Waals surface area contributed by atoms with Crippen molar-refractivity contribution in [2.24, 2.45) is 11.8 Å². The Morgan fingerprint density at radius 3 is 2.67 bits per heavy atom. The van der Waals surface area contributed by atoms with Gasteiger partial charge >= 0.3 is 5.76 Å². The first-order chi connectivity index (χ1) is 19.5. The van der Waals surface area contributed by atoms with Gasteiger partial charge in [-0.05, 0) is 62.5 Å². The minimum absolute atomic E-state index is 0.0594. The number of hydrogen-bond donors (Lipinski definition) is 1. The molecule has 0 bridgehead atoms. The summed E-state index contributed by atoms with van der Waals surface area (Å²) in [6, 6.07) is 3.78. The number of H-pyrrole nitrogens is 1. The van der Waals surface area contributed by atoms with Gasteiger partial charge in [0.15, 0.2) is 0 Å². The van der Waals surface area contributed by atoms with E-state index in [1.807, 2.05) is 12.1 Å². The second kappa shape index (κ2) is 10.3. The fourth-order valence-corrected chi connectivity index (χ4v) is 7.19. The summed E-state index contributed by atoms with van der Waals surface area (Å²) in [5, 5.41) is 4.44. The number of nitrogens with one attached hydrogen (secondary N) is 1. The van der Waals surface area contributed by atoms with Crippen LogP contribution in [0.3, 0.4) is 0 Å². The minimum Gasteiger partial charge on any atom is -0.381 e. The van der Waals surface area contributed by atoms with E-state index in [9.17, 15) is 4.79 Å². The molecular formula is C29H34ClN7O3. The molecule has 1 saturated carbocycles. The molecule has 7 rings (SSSR count). The fraction of sp³-hybridized carbons (Fsp3) is 0.552. The highest BCUT2D eigenvalue weighted by atomic mass is 35.5. The van der Waals surface area contributed by atoms with Crippen LogP contribution in [0.25, 0.3) is 33.8 Å². The molecule has 1 spiro atoms. The number of hydrogen-bond acceptors (Lipinski definition) is 8. The lowest BCUT2D eigenvalue weighted by Gasteiger charge is -2.42. The van der Waals surface area contributed by atoms with Crippen LogP contribution >= 0.6 is 11.6 Å². The van der Waals surface area contributed by atoms with Gasteiger partial charge in [0.2, 0.25) is 11.8 Å². The predicted molar refractivity (Wildman–Crippen MR) is 152 cm³/mol. The molecule has 0 aromatic carbocycles. The van der Waals surface area contributed by atoms with Crippen molar-refractivity contribution in [2.75, 3.05) is 24.7 Å². The maximum Gasteiger partial charge on any atom is 0.439 e. The number of aromatic amines is 1. The SMILES string of the molecule is CC1CCC(Cn2c(N3CCCC34CCOCC4)nc3cc(-c4noc(=O)[nH]4)nc(-c4cncc(Cl)c4)c32)CC1. The molecule has 1 N–H and O–H groups in total. The fourth-order valence-electron chi connectivity index (χ4n) is 7.02. The molecule has 4 aromatic heterocycles. The molecule has 1 aliphatic carbocycles. The van der Waals surface area contributed by atoms with Gasteiger partial charge in [0.1, 0.15) is 5.69 Å². The van der Waals surface area contributed by atoms with Crippen LogP contribution in [0, 0.1) is 11.8 Å². The van der Waals surface area contributed by atoms with E-state index in [0.29, 0.717) is 16.6 Å². The van der Waals surface area contributed by atoms with Crippen molar-refractivity contribution in [3.8, 4) is 22.8 Å². The summed E-state index contributed by atoms with van der Waals surface area (Å²) in [6.45, 7) is 5.77. The molecule has 2 aliphatic heterocycles. The summed E-state index contributed by atoms with van der Waals surface area (Å²) < 4.78 is 13.0. The van der Waals surface area contributed by atoms with E-state index in [4.69, 9.17) is 30.8 Å². The van der Waals surface area contributed by atoms with Crippen molar-refractivity contribution in [3.63, 3.8) is 0 Å². The zero-order valence-corrected chi connectivity index (χ0v) is 23.5. The highest BCUT2D eigenvalue weighted by Gasteiger charge is 2.44. The molecule has 10 nitrogen and oxygen atoms in total. The maximum atomic E-state index is 11.8. The standard InChI is InChI=1S/C29H34ClN7O3/c1-18-3-5-19(6-4-18)17-36-25-22(33-27(36)37-10-2-7-29(37)8-11-39-12-9-29)14-23(26-34-28(38)40-35-26)32-24(25)20-13-21(30)16-31-15-20/h13-16,18-19H,2-12,17H2,1H3,(H,34,35,38). The van der Waals surface area contributed by atoms with Crippen LogP contribution in [0.4, 0.5) is 5.95 Å². The molecule has 40 heavy (non-hydrogen) atoms. The summed E-state index contributed by atoms with van der Waals surface area (Å²) >= 11 is 6.41. The number of rotatable bonds is 5. The summed E-state index contributed by atoms with van der Waals surface area (Å²) in [6.07, 6.45) is 12.6. The summed E-state index contributed by atoms with van der Waals surface area (Å²) in [7, 11) is 0. The highest BCUT2D eigenvalue weighted by molar-refractivity contribution is 6.30. The lowest BCUT2D eigenvalue weighted by Crippen LogP contribution is -2.49. The number of aromatic nitrogens is 6. The van der Waals surface area contributed by atoms with Crippen molar-refractivity contribution in [1.29, 1.82) is 0 Å². The number of halogens is 1. The second-order valence-electron chi connectivity index (χ2n) is 11.8. The van der Waals surface area contributed by atoms with Crippen LogP contribution in [0.15, 0.2) is 33.8 Å². The third-order valence-corrected chi connectivity index (χ3v) is 9.41. The number of imidazole rings is 1. The van der Waals surface area contributed by atoms with Crippen LogP contribution < -0.4 is 10.7 Å². The zero-order valence-electron chi connectivity index (χ0n) is 22.7. The third kappa shape index (κ3) is 4.60. The van der Waals surface area contributed by atoms with Crippen LogP contribution in [-0.2, 0) is 11.3 Å². The smallest absolute Gasteiger partial charge is 0.381 e. The molecule has 0 radical (unpaired) electrons. The average molecular weight is 564 g/mol. The van der Waals surface area contributed by atoms with E-state index in [-0.39, 0.29) is 11.4 Å². The van der Waals surface area contributed by atoms with E-state index < -0.39 is 5.76 Å². The highest BCUT2D eigenvalue weighted by Crippen LogP contribution is 2.44. The van der Waals surface area contributed by atoms with E-state index in [1.54, 1.807) is 12.4 Å². The molecule has 11 heteroatoms. The Morgan fingerprint density at radius 1 is 1.10 bits per heavy atom. The largest absolute Gasteiger partial charge is 0.439 e. The first-order valence-electron chi connectivity index (χ1n) is 14.4. The van der Waals surface area contributed by atoms with Crippen LogP contribution in [0.5, 0.6) is 0 Å². The van der Waals surface area contributed by atoms with Gasteiger partial charge in [-0.2, -0.15) is 0 Å². The van der Waals surface area contributed by atoms with Gasteiger partial charge in [0.25, 0.3) is 0 Å². The predicted octanol–water partition coefficient (Wildman–Crippen LogP) is 5.47. The normalized spacial score (nSPS) is 22.9. The molecule has 0 unspecified atom stereocenters. The van der Waals surface area contributed by atoms with Crippen molar-refractivity contribution >= 4 is 28.6 Å². The first-order valence-corrected chi connectivity index (χ1v) is 14.8. The van der Waals surface area contributed by atoms with Gasteiger partial charge in [-0.15, -0.1) is 0 Å². The first kappa shape index (κ1) is 25.7. The Balaban J connectivity index is 1.45. The molecule has 2 saturated heterocycles. The molecule has 3 fully saturated rings. The lowest BCUT2D eigenvalue weighted by molar-refractivity contribution is 0.0539. The Morgan fingerprint density at radius 2 is 1.93 bits per heavy atom. The monoisotopic (exact) mass is 563 g/mol. The summed E-state index contributed by atoms with van der Waals surface area (Å²) in [4.78, 5) is 31.7. The number of fused-ring (bicyclic) bond motifs is 1. The van der Waals surface area contributed by atoms with Crippen molar-refractivity contribution in [1.82, 2.24) is 29.7 Å². The molecule has 210 valence electrons. The average Bonchev–Trinajstić information content (AvgIpc) is 3.67. The van der Waals surface area contributed by atoms with Gasteiger partial charge in [-0.1, -0.05) is 36.5 Å². The Labute approximate surface area is 237 Å². The Bertz CT molecular complexity index is 1580. The van der Waals surface area contributed by atoms with Crippen LogP contribution in [0.1, 0.15) is 58.3 Å². The molecular weight excluding hydrogens is 530 g/mol. The maximum absolute atomic E-state index is 11.8. The summed E-state index contributed by atoms with van der Waals surface area (Å²) in [5.74, 6) is 1.98. The molecule has 0 amide bonds. The van der Waals surface area contributed by atoms with Gasteiger partial charge in [0, 0.05) is 49.8 Å². The van der Waals surface area contributed by atoms with Gasteiger partial charge in [-0.25, -0.2) is 14.8 Å². The lowest BCUT2D eigenvalue weighted by atomic mass is 9.83. The quantitative estimate of drug-likeness (QED) is 0.340. The van der Waals surface area contributed by atoms with Gasteiger partial charge in [-0.3, -0.25) is 14.5 Å². The van der Waals surface area contributed by atoms with E-state index in [2.05, 4.69) is 31.5 Å². The van der Waals surface area contributed by atoms with Gasteiger partial charge < -0.3 is 14.2 Å². The molecule has 4 aromatic rings. The summed E-state index contributed by atoms with van der Waals surface area (Å²) in [5.41, 5.74) is 3.81.